The van der Waals surface area contributed by atoms with E-state index in [2.05, 4.69) is 6.92 Å². The molecule has 1 aliphatic rings. The summed E-state index contributed by atoms with van der Waals surface area (Å²) in [6, 6.07) is 7.98. The molecule has 2 rings (SSSR count). The molecule has 0 amide bonds. The van der Waals surface area contributed by atoms with Gasteiger partial charge < -0.3 is 9.47 Å². The highest BCUT2D eigenvalue weighted by molar-refractivity contribution is 5.32. The molecule has 0 atom stereocenters. The van der Waals surface area contributed by atoms with Gasteiger partial charge in [-0.1, -0.05) is 25.8 Å². The summed E-state index contributed by atoms with van der Waals surface area (Å²) in [6.45, 7) is 3.74. The summed E-state index contributed by atoms with van der Waals surface area (Å²) >= 11 is 0. The van der Waals surface area contributed by atoms with Crippen LogP contribution in [0.15, 0.2) is 24.3 Å². The topological polar surface area (TPSA) is 18.5 Å². The summed E-state index contributed by atoms with van der Waals surface area (Å²) in [6.07, 6.45) is 6.42. The second-order valence-electron chi connectivity index (χ2n) is 4.78. The predicted octanol–water partition coefficient (Wildman–Crippen LogP) is 4.04. The minimum absolute atomic E-state index is 0.759. The van der Waals surface area contributed by atoms with Crippen molar-refractivity contribution in [3.8, 4) is 11.5 Å². The van der Waals surface area contributed by atoms with E-state index in [-0.39, 0.29) is 0 Å². The van der Waals surface area contributed by atoms with Crippen molar-refractivity contribution in [1.82, 2.24) is 0 Å². The van der Waals surface area contributed by atoms with Gasteiger partial charge in [0, 0.05) is 6.07 Å². The summed E-state index contributed by atoms with van der Waals surface area (Å²) in [5.41, 5.74) is 0. The van der Waals surface area contributed by atoms with Crippen molar-refractivity contribution in [2.45, 2.75) is 39.0 Å². The largest absolute Gasteiger partial charge is 0.493 e. The minimum Gasteiger partial charge on any atom is -0.493 e. The SMILES string of the molecule is CCCOc1cccc(OCC2CCCC2)c1. The van der Waals surface area contributed by atoms with Gasteiger partial charge in [-0.15, -0.1) is 0 Å². The Balaban J connectivity index is 1.82. The van der Waals surface area contributed by atoms with Crippen molar-refractivity contribution >= 4 is 0 Å². The average Bonchev–Trinajstić information content (AvgIpc) is 2.87. The van der Waals surface area contributed by atoms with Crippen molar-refractivity contribution in [2.24, 2.45) is 5.92 Å². The third-order valence-electron chi connectivity index (χ3n) is 3.24. The van der Waals surface area contributed by atoms with Gasteiger partial charge in [0.05, 0.1) is 13.2 Å². The quantitative estimate of drug-likeness (QED) is 0.739. The van der Waals surface area contributed by atoms with E-state index < -0.39 is 0 Å². The normalized spacial score (nSPS) is 16.1. The Kier molecular flexibility index (Phi) is 4.72. The summed E-state index contributed by atoms with van der Waals surface area (Å²) < 4.78 is 11.4. The van der Waals surface area contributed by atoms with E-state index in [9.17, 15) is 0 Å². The lowest BCUT2D eigenvalue weighted by atomic mass is 10.1. The second kappa shape index (κ2) is 6.53. The Bertz CT molecular complexity index is 329. The zero-order valence-electron chi connectivity index (χ0n) is 10.7. The first-order valence-corrected chi connectivity index (χ1v) is 6.74. The van der Waals surface area contributed by atoms with Crippen molar-refractivity contribution in [3.63, 3.8) is 0 Å². The van der Waals surface area contributed by atoms with E-state index in [4.69, 9.17) is 9.47 Å². The number of hydrogen-bond donors (Lipinski definition) is 0. The Hall–Kier alpha value is -1.18. The molecule has 1 fully saturated rings. The molecule has 0 N–H and O–H groups in total. The predicted molar refractivity (Wildman–Crippen MR) is 69.7 cm³/mol. The maximum atomic E-state index is 5.83. The van der Waals surface area contributed by atoms with Gasteiger partial charge in [-0.3, -0.25) is 0 Å². The zero-order valence-corrected chi connectivity index (χ0v) is 10.7. The molecule has 2 nitrogen and oxygen atoms in total. The molecule has 0 heterocycles. The summed E-state index contributed by atoms with van der Waals surface area (Å²) in [7, 11) is 0. The highest BCUT2D eigenvalue weighted by Crippen LogP contribution is 2.26. The van der Waals surface area contributed by atoms with E-state index in [0.717, 1.165) is 37.1 Å². The lowest BCUT2D eigenvalue weighted by molar-refractivity contribution is 0.249. The highest BCUT2D eigenvalue weighted by Gasteiger charge is 2.15. The maximum Gasteiger partial charge on any atom is 0.122 e. The molecule has 17 heavy (non-hydrogen) atoms. The molecule has 1 aliphatic carbocycles. The zero-order chi connectivity index (χ0) is 11.9. The Labute approximate surface area is 104 Å². The molecule has 0 saturated heterocycles. The van der Waals surface area contributed by atoms with Crippen LogP contribution in [0.4, 0.5) is 0 Å². The maximum absolute atomic E-state index is 5.83. The minimum atomic E-state index is 0.759. The van der Waals surface area contributed by atoms with Crippen LogP contribution in [0.3, 0.4) is 0 Å². The van der Waals surface area contributed by atoms with E-state index in [1.54, 1.807) is 0 Å². The van der Waals surface area contributed by atoms with Gasteiger partial charge in [0.15, 0.2) is 0 Å². The third-order valence-corrected chi connectivity index (χ3v) is 3.24. The van der Waals surface area contributed by atoms with Crippen LogP contribution in [-0.4, -0.2) is 13.2 Å². The Morgan fingerprint density at radius 3 is 2.53 bits per heavy atom. The summed E-state index contributed by atoms with van der Waals surface area (Å²) in [4.78, 5) is 0. The van der Waals surface area contributed by atoms with E-state index in [0.29, 0.717) is 0 Å². The van der Waals surface area contributed by atoms with Gasteiger partial charge in [-0.2, -0.15) is 0 Å². The molecule has 1 aromatic rings. The Morgan fingerprint density at radius 2 is 1.82 bits per heavy atom. The van der Waals surface area contributed by atoms with Crippen LogP contribution in [0.1, 0.15) is 39.0 Å². The van der Waals surface area contributed by atoms with Gasteiger partial charge in [-0.05, 0) is 37.3 Å². The molecule has 94 valence electrons. The number of rotatable bonds is 6. The Morgan fingerprint density at radius 1 is 1.12 bits per heavy atom. The van der Waals surface area contributed by atoms with Crippen LogP contribution in [0.5, 0.6) is 11.5 Å². The first-order valence-electron chi connectivity index (χ1n) is 6.74. The standard InChI is InChI=1S/C15H22O2/c1-2-10-16-14-8-5-9-15(11-14)17-12-13-6-3-4-7-13/h5,8-9,11,13H,2-4,6-7,10,12H2,1H3. The van der Waals surface area contributed by atoms with Gasteiger partial charge in [0.25, 0.3) is 0 Å². The van der Waals surface area contributed by atoms with Crippen LogP contribution < -0.4 is 9.47 Å². The number of benzene rings is 1. The average molecular weight is 234 g/mol. The lowest BCUT2D eigenvalue weighted by Crippen LogP contribution is -2.08. The first-order chi connectivity index (χ1) is 8.38. The fourth-order valence-electron chi connectivity index (χ4n) is 2.26. The van der Waals surface area contributed by atoms with Crippen molar-refractivity contribution in [3.05, 3.63) is 24.3 Å². The van der Waals surface area contributed by atoms with Crippen molar-refractivity contribution < 1.29 is 9.47 Å². The summed E-state index contributed by atoms with van der Waals surface area (Å²) in [5.74, 6) is 2.61. The molecule has 0 aliphatic heterocycles. The van der Waals surface area contributed by atoms with Crippen LogP contribution in [0.2, 0.25) is 0 Å². The molecule has 1 aromatic carbocycles. The molecule has 1 saturated carbocycles. The van der Waals surface area contributed by atoms with Crippen molar-refractivity contribution in [2.75, 3.05) is 13.2 Å². The molecule has 0 radical (unpaired) electrons. The fourth-order valence-corrected chi connectivity index (χ4v) is 2.26. The van der Waals surface area contributed by atoms with Crippen molar-refractivity contribution in [1.29, 1.82) is 0 Å². The highest BCUT2D eigenvalue weighted by atomic mass is 16.5. The molecular weight excluding hydrogens is 212 g/mol. The molecule has 0 aromatic heterocycles. The van der Waals surface area contributed by atoms with E-state index in [1.165, 1.54) is 25.7 Å². The summed E-state index contributed by atoms with van der Waals surface area (Å²) in [5, 5.41) is 0. The van der Waals surface area contributed by atoms with Gasteiger partial charge in [0.1, 0.15) is 11.5 Å². The molecule has 0 unspecified atom stereocenters. The first kappa shape index (κ1) is 12.3. The number of hydrogen-bond acceptors (Lipinski definition) is 2. The molecule has 0 spiro atoms. The third kappa shape index (κ3) is 3.95. The van der Waals surface area contributed by atoms with Gasteiger partial charge in [-0.25, -0.2) is 0 Å². The van der Waals surface area contributed by atoms with Crippen LogP contribution in [0.25, 0.3) is 0 Å². The molecule has 2 heteroatoms. The van der Waals surface area contributed by atoms with E-state index >= 15 is 0 Å². The molecular formula is C15H22O2. The van der Waals surface area contributed by atoms with E-state index in [1.807, 2.05) is 24.3 Å². The number of ether oxygens (including phenoxy) is 2. The van der Waals surface area contributed by atoms with Crippen LogP contribution in [0, 0.1) is 5.92 Å². The van der Waals surface area contributed by atoms with Gasteiger partial charge >= 0.3 is 0 Å². The van der Waals surface area contributed by atoms with Crippen LogP contribution >= 0.6 is 0 Å². The monoisotopic (exact) mass is 234 g/mol. The second-order valence-corrected chi connectivity index (χ2v) is 4.78. The molecule has 0 bridgehead atoms. The lowest BCUT2D eigenvalue weighted by Gasteiger charge is -2.12. The fraction of sp³-hybridized carbons (Fsp3) is 0.600. The van der Waals surface area contributed by atoms with Gasteiger partial charge in [0.2, 0.25) is 0 Å². The van der Waals surface area contributed by atoms with Crippen LogP contribution in [-0.2, 0) is 0 Å². The smallest absolute Gasteiger partial charge is 0.122 e.